The van der Waals surface area contributed by atoms with Crippen LogP contribution in [0.2, 0.25) is 0 Å². The molecular formula is C16H23F3N2. The van der Waals surface area contributed by atoms with Crippen LogP contribution < -0.4 is 5.32 Å². The van der Waals surface area contributed by atoms with E-state index < -0.39 is 12.2 Å². The monoisotopic (exact) mass is 300 g/mol. The van der Waals surface area contributed by atoms with Crippen LogP contribution in [0.25, 0.3) is 0 Å². The molecule has 0 aliphatic carbocycles. The Morgan fingerprint density at radius 2 is 1.81 bits per heavy atom. The van der Waals surface area contributed by atoms with E-state index in [0.29, 0.717) is 12.5 Å². The smallest absolute Gasteiger partial charge is 0.306 e. The van der Waals surface area contributed by atoms with Gasteiger partial charge in [-0.3, -0.25) is 0 Å². The molecule has 0 aromatic heterocycles. The first-order valence-electron chi connectivity index (χ1n) is 7.50. The van der Waals surface area contributed by atoms with Crippen molar-refractivity contribution >= 4 is 0 Å². The van der Waals surface area contributed by atoms with Crippen LogP contribution in [0.3, 0.4) is 0 Å². The summed E-state index contributed by atoms with van der Waals surface area (Å²) in [5.74, 6) is 0.540. The Kier molecular flexibility index (Phi) is 5.65. The second-order valence-corrected chi connectivity index (χ2v) is 5.87. The number of hydrogen-bond acceptors (Lipinski definition) is 2. The fourth-order valence-electron chi connectivity index (χ4n) is 2.85. The van der Waals surface area contributed by atoms with Crippen LogP contribution in [0.15, 0.2) is 30.3 Å². The summed E-state index contributed by atoms with van der Waals surface area (Å²) in [6.07, 6.45) is -1.28. The summed E-state index contributed by atoms with van der Waals surface area (Å²) in [7, 11) is 2.09. The highest BCUT2D eigenvalue weighted by molar-refractivity contribution is 5.20. The minimum Gasteiger partial charge on any atom is -0.306 e. The molecule has 1 heterocycles. The van der Waals surface area contributed by atoms with Crippen LogP contribution in [0.4, 0.5) is 13.2 Å². The molecule has 0 saturated carbocycles. The molecule has 0 amide bonds. The number of nitrogens with one attached hydrogen (secondary N) is 1. The Hall–Kier alpha value is -1.07. The highest BCUT2D eigenvalue weighted by Crippen LogP contribution is 2.32. The molecule has 1 aromatic rings. The number of nitrogens with zero attached hydrogens (tertiary/aromatic N) is 1. The minimum atomic E-state index is -4.26. The minimum absolute atomic E-state index is 0.286. The fraction of sp³-hybridized carbons (Fsp3) is 0.625. The number of likely N-dealkylation sites (tertiary alicyclic amines) is 1. The largest absolute Gasteiger partial charge is 0.407 e. The van der Waals surface area contributed by atoms with E-state index in [1.54, 1.807) is 18.2 Å². The quantitative estimate of drug-likeness (QED) is 0.893. The predicted octanol–water partition coefficient (Wildman–Crippen LogP) is 3.61. The summed E-state index contributed by atoms with van der Waals surface area (Å²) in [5.41, 5.74) is 0.286. The Morgan fingerprint density at radius 3 is 2.38 bits per heavy atom. The van der Waals surface area contributed by atoms with Crippen LogP contribution >= 0.6 is 0 Å². The second kappa shape index (κ2) is 7.27. The molecular weight excluding hydrogens is 277 g/mol. The van der Waals surface area contributed by atoms with Crippen molar-refractivity contribution in [1.82, 2.24) is 10.2 Å². The van der Waals surface area contributed by atoms with Crippen molar-refractivity contribution in [2.24, 2.45) is 5.92 Å². The van der Waals surface area contributed by atoms with Gasteiger partial charge in [-0.05, 0) is 57.4 Å². The fourth-order valence-corrected chi connectivity index (χ4v) is 2.85. The predicted molar refractivity (Wildman–Crippen MR) is 78.1 cm³/mol. The van der Waals surface area contributed by atoms with Crippen molar-refractivity contribution in [3.63, 3.8) is 0 Å². The average Bonchev–Trinajstić information content (AvgIpc) is 2.45. The molecule has 0 spiro atoms. The van der Waals surface area contributed by atoms with E-state index >= 15 is 0 Å². The molecule has 0 bridgehead atoms. The molecule has 1 aliphatic heterocycles. The first-order valence-corrected chi connectivity index (χ1v) is 7.50. The molecule has 118 valence electrons. The molecule has 5 heteroatoms. The summed E-state index contributed by atoms with van der Waals surface area (Å²) in [6, 6.07) is 6.51. The van der Waals surface area contributed by atoms with Crippen molar-refractivity contribution in [1.29, 1.82) is 0 Å². The van der Waals surface area contributed by atoms with Gasteiger partial charge < -0.3 is 10.2 Å². The van der Waals surface area contributed by atoms with E-state index in [0.717, 1.165) is 32.4 Å². The Bertz CT molecular complexity index is 411. The zero-order chi connectivity index (χ0) is 15.3. The molecule has 2 nitrogen and oxygen atoms in total. The Morgan fingerprint density at radius 1 is 1.19 bits per heavy atom. The maximum atomic E-state index is 13.2. The van der Waals surface area contributed by atoms with Crippen molar-refractivity contribution < 1.29 is 13.2 Å². The third kappa shape index (κ3) is 5.00. The molecule has 1 aromatic carbocycles. The average molecular weight is 300 g/mol. The highest BCUT2D eigenvalue weighted by atomic mass is 19.4. The zero-order valence-corrected chi connectivity index (χ0v) is 12.4. The molecule has 2 rings (SSSR count). The standard InChI is InChI=1S/C16H23F3N2/c1-21-11-8-13(9-12-21)7-10-20-15(16(17,18)19)14-5-3-2-4-6-14/h2-6,13,15,20H,7-12H2,1H3. The van der Waals surface area contributed by atoms with E-state index in [1.165, 1.54) is 12.1 Å². The van der Waals surface area contributed by atoms with Crippen molar-refractivity contribution in [3.05, 3.63) is 35.9 Å². The lowest BCUT2D eigenvalue weighted by molar-refractivity contribution is -0.157. The van der Waals surface area contributed by atoms with Crippen LogP contribution in [-0.4, -0.2) is 37.8 Å². The summed E-state index contributed by atoms with van der Waals surface area (Å²) < 4.78 is 39.5. The number of alkyl halides is 3. The van der Waals surface area contributed by atoms with E-state index in [4.69, 9.17) is 0 Å². The molecule has 1 fully saturated rings. The van der Waals surface area contributed by atoms with Crippen LogP contribution in [0.5, 0.6) is 0 Å². The maximum absolute atomic E-state index is 13.2. The summed E-state index contributed by atoms with van der Waals surface area (Å²) >= 11 is 0. The van der Waals surface area contributed by atoms with Gasteiger partial charge in [0.25, 0.3) is 0 Å². The Balaban J connectivity index is 1.86. The lowest BCUT2D eigenvalue weighted by Gasteiger charge is -2.29. The first-order chi connectivity index (χ1) is 9.97. The molecule has 21 heavy (non-hydrogen) atoms. The third-order valence-corrected chi connectivity index (χ3v) is 4.20. The van der Waals surface area contributed by atoms with Gasteiger partial charge in [0, 0.05) is 0 Å². The number of halogens is 3. The summed E-state index contributed by atoms with van der Waals surface area (Å²) in [4.78, 5) is 2.27. The van der Waals surface area contributed by atoms with Gasteiger partial charge >= 0.3 is 6.18 Å². The van der Waals surface area contributed by atoms with Gasteiger partial charge in [-0.1, -0.05) is 30.3 Å². The van der Waals surface area contributed by atoms with Crippen molar-refractivity contribution in [2.75, 3.05) is 26.7 Å². The van der Waals surface area contributed by atoms with Gasteiger partial charge in [-0.15, -0.1) is 0 Å². The van der Waals surface area contributed by atoms with E-state index in [2.05, 4.69) is 17.3 Å². The van der Waals surface area contributed by atoms with Crippen molar-refractivity contribution in [2.45, 2.75) is 31.5 Å². The van der Waals surface area contributed by atoms with Gasteiger partial charge in [0.1, 0.15) is 6.04 Å². The van der Waals surface area contributed by atoms with Gasteiger partial charge in [0.2, 0.25) is 0 Å². The summed E-state index contributed by atoms with van der Waals surface area (Å²) in [5, 5.41) is 2.70. The van der Waals surface area contributed by atoms with Gasteiger partial charge in [0.15, 0.2) is 0 Å². The Labute approximate surface area is 124 Å². The first kappa shape index (κ1) is 16.3. The van der Waals surface area contributed by atoms with Crippen LogP contribution in [0, 0.1) is 5.92 Å². The number of hydrogen-bond donors (Lipinski definition) is 1. The normalized spacial score (nSPS) is 19.6. The van der Waals surface area contributed by atoms with Gasteiger partial charge in [-0.25, -0.2) is 0 Å². The lowest BCUT2D eigenvalue weighted by atomic mass is 9.93. The second-order valence-electron chi connectivity index (χ2n) is 5.87. The molecule has 1 aliphatic rings. The van der Waals surface area contributed by atoms with E-state index in [1.807, 2.05) is 0 Å². The number of piperidine rings is 1. The third-order valence-electron chi connectivity index (χ3n) is 4.20. The van der Waals surface area contributed by atoms with Gasteiger partial charge in [-0.2, -0.15) is 13.2 Å². The summed E-state index contributed by atoms with van der Waals surface area (Å²) in [6.45, 7) is 2.51. The highest BCUT2D eigenvalue weighted by Gasteiger charge is 2.40. The maximum Gasteiger partial charge on any atom is 0.407 e. The molecule has 1 saturated heterocycles. The molecule has 1 N–H and O–H groups in total. The van der Waals surface area contributed by atoms with E-state index in [9.17, 15) is 13.2 Å². The molecule has 0 radical (unpaired) electrons. The van der Waals surface area contributed by atoms with Crippen molar-refractivity contribution in [3.8, 4) is 0 Å². The van der Waals surface area contributed by atoms with Crippen LogP contribution in [0.1, 0.15) is 30.9 Å². The number of benzene rings is 1. The number of rotatable bonds is 5. The van der Waals surface area contributed by atoms with E-state index in [-0.39, 0.29) is 5.56 Å². The SMILES string of the molecule is CN1CCC(CCNC(c2ccccc2)C(F)(F)F)CC1. The van der Waals surface area contributed by atoms with Gasteiger partial charge in [0.05, 0.1) is 0 Å². The van der Waals surface area contributed by atoms with Crippen LogP contribution in [-0.2, 0) is 0 Å². The molecule has 1 atom stereocenters. The topological polar surface area (TPSA) is 15.3 Å². The zero-order valence-electron chi connectivity index (χ0n) is 12.4. The lowest BCUT2D eigenvalue weighted by Crippen LogP contribution is -2.36. The molecule has 1 unspecified atom stereocenters.